The second-order valence-corrected chi connectivity index (χ2v) is 13.1. The van der Waals surface area contributed by atoms with Crippen molar-refractivity contribution in [2.24, 2.45) is 21.7 Å². The van der Waals surface area contributed by atoms with Gasteiger partial charge in [0, 0.05) is 24.1 Å². The van der Waals surface area contributed by atoms with Gasteiger partial charge in [0.05, 0.1) is 13.2 Å². The number of benzene rings is 1. The fourth-order valence-corrected chi connectivity index (χ4v) is 5.48. The van der Waals surface area contributed by atoms with Crippen molar-refractivity contribution < 1.29 is 14.3 Å². The van der Waals surface area contributed by atoms with E-state index < -0.39 is 5.41 Å². The van der Waals surface area contributed by atoms with E-state index in [1.165, 1.54) is 12.8 Å². The number of ether oxygens (including phenoxy) is 1. The first kappa shape index (κ1) is 33.9. The Labute approximate surface area is 233 Å². The molecule has 0 saturated carbocycles. The number of rotatable bonds is 18. The molecule has 1 aromatic rings. The number of carbonyl (C=O) groups is 2. The van der Waals surface area contributed by atoms with Crippen LogP contribution in [0.1, 0.15) is 111 Å². The fourth-order valence-electron chi connectivity index (χ4n) is 5.48. The molecule has 1 aromatic carbocycles. The van der Waals surface area contributed by atoms with E-state index in [4.69, 9.17) is 4.74 Å². The molecular weight excluding hydrogens is 472 g/mol. The lowest BCUT2D eigenvalue weighted by Gasteiger charge is -2.46. The summed E-state index contributed by atoms with van der Waals surface area (Å²) in [6.45, 7) is 22.0. The van der Waals surface area contributed by atoms with E-state index in [0.717, 1.165) is 25.7 Å². The van der Waals surface area contributed by atoms with E-state index in [0.29, 0.717) is 37.3 Å². The third-order valence-corrected chi connectivity index (χ3v) is 8.00. The fraction of sp³-hybridized carbons (Fsp3) is 0.697. The molecule has 0 radical (unpaired) electrons. The molecule has 5 heteroatoms. The summed E-state index contributed by atoms with van der Waals surface area (Å²) in [5.74, 6) is -0.0556. The lowest BCUT2D eigenvalue weighted by atomic mass is 9.58. The molecule has 2 N–H and O–H groups in total. The van der Waals surface area contributed by atoms with Crippen molar-refractivity contribution in [2.45, 2.75) is 101 Å². The minimum absolute atomic E-state index is 0.00882. The van der Waals surface area contributed by atoms with Crippen LogP contribution < -0.4 is 10.6 Å². The SMILES string of the molecule is CCCC(C)(C)CC=CC(C)(CCC)C(C)(C)CC(C)(C)C(=O)NCCOCCNC(=O)c1ccccc1. The highest BCUT2D eigenvalue weighted by Crippen LogP contribution is 2.50. The van der Waals surface area contributed by atoms with Gasteiger partial charge >= 0.3 is 0 Å². The molecule has 0 aliphatic heterocycles. The second-order valence-electron chi connectivity index (χ2n) is 13.1. The van der Waals surface area contributed by atoms with Crippen LogP contribution in [0.15, 0.2) is 42.5 Å². The van der Waals surface area contributed by atoms with Crippen molar-refractivity contribution >= 4 is 11.8 Å². The third-order valence-electron chi connectivity index (χ3n) is 8.00. The number of carbonyl (C=O) groups excluding carboxylic acids is 2. The summed E-state index contributed by atoms with van der Waals surface area (Å²) in [4.78, 5) is 25.2. The van der Waals surface area contributed by atoms with E-state index in [-0.39, 0.29) is 22.6 Å². The van der Waals surface area contributed by atoms with Gasteiger partial charge in [0.2, 0.25) is 5.91 Å². The number of hydrogen-bond acceptors (Lipinski definition) is 3. The van der Waals surface area contributed by atoms with Crippen LogP contribution in [0.5, 0.6) is 0 Å². The Hall–Kier alpha value is -2.14. The minimum Gasteiger partial charge on any atom is -0.378 e. The molecule has 0 bridgehead atoms. The summed E-state index contributed by atoms with van der Waals surface area (Å²) in [5, 5.41) is 5.91. The lowest BCUT2D eigenvalue weighted by molar-refractivity contribution is -0.132. The molecule has 1 unspecified atom stereocenters. The van der Waals surface area contributed by atoms with Gasteiger partial charge in [0.25, 0.3) is 5.91 Å². The van der Waals surface area contributed by atoms with Crippen molar-refractivity contribution in [3.05, 3.63) is 48.0 Å². The molecule has 1 atom stereocenters. The molecule has 0 aromatic heterocycles. The first-order valence-electron chi connectivity index (χ1n) is 14.6. The summed E-state index contributed by atoms with van der Waals surface area (Å²) in [6, 6.07) is 9.13. The Morgan fingerprint density at radius 1 is 0.842 bits per heavy atom. The number of nitrogens with one attached hydrogen (secondary N) is 2. The molecule has 0 spiro atoms. The Morgan fingerprint density at radius 3 is 2.00 bits per heavy atom. The largest absolute Gasteiger partial charge is 0.378 e. The third kappa shape index (κ3) is 11.3. The van der Waals surface area contributed by atoms with Crippen LogP contribution in [-0.4, -0.2) is 38.1 Å². The van der Waals surface area contributed by atoms with Gasteiger partial charge in [0.15, 0.2) is 0 Å². The molecule has 5 nitrogen and oxygen atoms in total. The van der Waals surface area contributed by atoms with Gasteiger partial charge in [-0.15, -0.1) is 0 Å². The maximum Gasteiger partial charge on any atom is 0.251 e. The Bertz CT molecular complexity index is 873. The van der Waals surface area contributed by atoms with Crippen LogP contribution in [0.3, 0.4) is 0 Å². The van der Waals surface area contributed by atoms with Crippen LogP contribution in [0.25, 0.3) is 0 Å². The standard InChI is InChI=1S/C33H56N2O3/c1-10-18-30(3,4)20-15-21-33(9,19-11-2)32(7,8)26-31(5,6)29(37)35-23-25-38-24-22-34-28(36)27-16-13-12-14-17-27/h12-17,21H,10-11,18-20,22-26H2,1-9H3,(H,34,36)(H,35,37). The van der Waals surface area contributed by atoms with Gasteiger partial charge in [-0.2, -0.15) is 0 Å². The van der Waals surface area contributed by atoms with E-state index in [1.54, 1.807) is 12.1 Å². The lowest BCUT2D eigenvalue weighted by Crippen LogP contribution is -2.44. The zero-order valence-electron chi connectivity index (χ0n) is 25.8. The Morgan fingerprint density at radius 2 is 1.42 bits per heavy atom. The van der Waals surface area contributed by atoms with Gasteiger partial charge in [-0.1, -0.05) is 106 Å². The van der Waals surface area contributed by atoms with Gasteiger partial charge in [-0.3, -0.25) is 9.59 Å². The maximum absolute atomic E-state index is 13.1. The highest BCUT2D eigenvalue weighted by molar-refractivity contribution is 5.94. The molecule has 216 valence electrons. The van der Waals surface area contributed by atoms with Gasteiger partial charge in [0.1, 0.15) is 0 Å². The first-order valence-corrected chi connectivity index (χ1v) is 14.6. The predicted molar refractivity (Wildman–Crippen MR) is 160 cm³/mol. The molecule has 0 heterocycles. The van der Waals surface area contributed by atoms with Crippen molar-refractivity contribution in [2.75, 3.05) is 26.3 Å². The molecule has 0 aliphatic carbocycles. The molecule has 0 aliphatic rings. The van der Waals surface area contributed by atoms with Gasteiger partial charge in [-0.05, 0) is 54.1 Å². The zero-order chi connectivity index (χ0) is 28.9. The average Bonchev–Trinajstić information content (AvgIpc) is 2.83. The van der Waals surface area contributed by atoms with Crippen LogP contribution in [0.2, 0.25) is 0 Å². The normalized spacial score (nSPS) is 14.3. The smallest absolute Gasteiger partial charge is 0.251 e. The molecular formula is C33H56N2O3. The minimum atomic E-state index is -0.502. The molecule has 38 heavy (non-hydrogen) atoms. The zero-order valence-corrected chi connectivity index (χ0v) is 25.8. The topological polar surface area (TPSA) is 67.4 Å². The summed E-state index contributed by atoms with van der Waals surface area (Å²) >= 11 is 0. The highest BCUT2D eigenvalue weighted by Gasteiger charge is 2.44. The number of amides is 2. The summed E-state index contributed by atoms with van der Waals surface area (Å²) in [6.07, 6.45) is 11.3. The summed E-state index contributed by atoms with van der Waals surface area (Å²) in [7, 11) is 0. The Balaban J connectivity index is 2.56. The average molecular weight is 529 g/mol. The van der Waals surface area contributed by atoms with Crippen molar-refractivity contribution in [3.63, 3.8) is 0 Å². The highest BCUT2D eigenvalue weighted by atomic mass is 16.5. The monoisotopic (exact) mass is 528 g/mol. The van der Waals surface area contributed by atoms with Gasteiger partial charge in [-0.25, -0.2) is 0 Å². The molecule has 0 saturated heterocycles. The van der Waals surface area contributed by atoms with Crippen molar-refractivity contribution in [1.82, 2.24) is 10.6 Å². The molecule has 1 rings (SSSR count). The summed E-state index contributed by atoms with van der Waals surface area (Å²) < 4.78 is 5.62. The van der Waals surface area contributed by atoms with Crippen LogP contribution in [-0.2, 0) is 9.53 Å². The van der Waals surface area contributed by atoms with Gasteiger partial charge < -0.3 is 15.4 Å². The second kappa shape index (κ2) is 15.5. The van der Waals surface area contributed by atoms with Crippen LogP contribution in [0.4, 0.5) is 0 Å². The first-order chi connectivity index (χ1) is 17.7. The predicted octanol–water partition coefficient (Wildman–Crippen LogP) is 7.57. The van der Waals surface area contributed by atoms with E-state index >= 15 is 0 Å². The number of allylic oxidation sites excluding steroid dienone is 2. The van der Waals surface area contributed by atoms with E-state index in [2.05, 4.69) is 71.3 Å². The molecule has 0 fully saturated rings. The summed E-state index contributed by atoms with van der Waals surface area (Å²) in [5.41, 5.74) is 0.405. The van der Waals surface area contributed by atoms with E-state index in [9.17, 15) is 9.59 Å². The molecule has 2 amide bonds. The number of hydrogen-bond donors (Lipinski definition) is 2. The van der Waals surface area contributed by atoms with E-state index in [1.807, 2.05) is 32.0 Å². The Kier molecular flexibility index (Phi) is 13.8. The van der Waals surface area contributed by atoms with Crippen molar-refractivity contribution in [3.8, 4) is 0 Å². The van der Waals surface area contributed by atoms with Crippen LogP contribution in [0, 0.1) is 21.7 Å². The van der Waals surface area contributed by atoms with Crippen molar-refractivity contribution in [1.29, 1.82) is 0 Å². The maximum atomic E-state index is 13.1. The van der Waals surface area contributed by atoms with Crippen LogP contribution >= 0.6 is 0 Å². The quantitative estimate of drug-likeness (QED) is 0.152.